The van der Waals surface area contributed by atoms with Crippen molar-refractivity contribution in [3.8, 4) is 0 Å². The summed E-state index contributed by atoms with van der Waals surface area (Å²) in [7, 11) is 2.15. The highest BCUT2D eigenvalue weighted by Crippen LogP contribution is 2.15. The highest BCUT2D eigenvalue weighted by Gasteiger charge is 1.98. The summed E-state index contributed by atoms with van der Waals surface area (Å²) in [6.45, 7) is 9.20. The van der Waals surface area contributed by atoms with Gasteiger partial charge in [-0.05, 0) is 31.0 Å². The fourth-order valence-corrected chi connectivity index (χ4v) is 1.60. The molecule has 92 valence electrons. The second-order valence-electron chi connectivity index (χ2n) is 4.55. The summed E-state index contributed by atoms with van der Waals surface area (Å²) in [6.07, 6.45) is 6.62. The minimum Gasteiger partial charge on any atom is -0.375 e. The molecule has 0 saturated heterocycles. The van der Waals surface area contributed by atoms with Crippen LogP contribution in [0.3, 0.4) is 0 Å². The quantitative estimate of drug-likeness (QED) is 0.649. The third-order valence-electron chi connectivity index (χ3n) is 2.74. The van der Waals surface area contributed by atoms with E-state index in [1.807, 2.05) is 13.0 Å². The lowest BCUT2D eigenvalue weighted by Gasteiger charge is -2.18. The van der Waals surface area contributed by atoms with E-state index in [0.29, 0.717) is 0 Å². The van der Waals surface area contributed by atoms with Crippen molar-refractivity contribution >= 4 is 11.8 Å². The number of nitrogens with zero attached hydrogens (tertiary/aromatic N) is 1. The molecule has 0 aromatic heterocycles. The minimum atomic E-state index is 1.08. The summed E-state index contributed by atoms with van der Waals surface area (Å²) in [6, 6.07) is 8.65. The van der Waals surface area contributed by atoms with Gasteiger partial charge < -0.3 is 4.90 Å². The smallest absolute Gasteiger partial charge is 0.0364 e. The molecule has 0 spiro atoms. The van der Waals surface area contributed by atoms with Crippen molar-refractivity contribution in [3.05, 3.63) is 48.1 Å². The van der Waals surface area contributed by atoms with Crippen molar-refractivity contribution in [1.82, 2.24) is 0 Å². The second kappa shape index (κ2) is 6.95. The van der Waals surface area contributed by atoms with Crippen molar-refractivity contribution in [1.29, 1.82) is 0 Å². The zero-order valence-corrected chi connectivity index (χ0v) is 11.2. The number of allylic oxidation sites excluding steroid dienone is 2. The molecule has 17 heavy (non-hydrogen) atoms. The predicted molar refractivity (Wildman–Crippen MR) is 78.5 cm³/mol. The molecule has 0 bridgehead atoms. The van der Waals surface area contributed by atoms with E-state index in [9.17, 15) is 0 Å². The zero-order valence-electron chi connectivity index (χ0n) is 11.2. The molecule has 0 N–H and O–H groups in total. The fraction of sp³-hybridized carbons (Fsp3) is 0.375. The molecule has 0 aliphatic heterocycles. The van der Waals surface area contributed by atoms with Gasteiger partial charge in [0.2, 0.25) is 0 Å². The minimum absolute atomic E-state index is 1.08. The molecule has 0 aliphatic carbocycles. The summed E-state index contributed by atoms with van der Waals surface area (Å²) in [5.41, 5.74) is 3.58. The molecule has 0 aliphatic rings. The first-order valence-electron chi connectivity index (χ1n) is 6.28. The van der Waals surface area contributed by atoms with E-state index >= 15 is 0 Å². The van der Waals surface area contributed by atoms with E-state index in [1.54, 1.807) is 0 Å². The van der Waals surface area contributed by atoms with Gasteiger partial charge in [-0.1, -0.05) is 49.8 Å². The number of unbranched alkanes of at least 4 members (excludes halogenated alkanes) is 1. The van der Waals surface area contributed by atoms with Crippen LogP contribution in [0.5, 0.6) is 0 Å². The topological polar surface area (TPSA) is 3.24 Å². The Morgan fingerprint density at radius 1 is 1.29 bits per heavy atom. The summed E-state index contributed by atoms with van der Waals surface area (Å²) >= 11 is 0. The molecule has 1 rings (SSSR count). The Morgan fingerprint density at radius 2 is 1.94 bits per heavy atom. The highest BCUT2D eigenvalue weighted by atomic mass is 15.1. The van der Waals surface area contributed by atoms with E-state index in [-0.39, 0.29) is 0 Å². The summed E-state index contributed by atoms with van der Waals surface area (Å²) in [5, 5.41) is 0. The second-order valence-corrected chi connectivity index (χ2v) is 4.55. The number of benzene rings is 1. The van der Waals surface area contributed by atoms with Crippen LogP contribution in [0, 0.1) is 0 Å². The molecule has 1 aromatic carbocycles. The Morgan fingerprint density at radius 3 is 2.47 bits per heavy atom. The Bertz CT molecular complexity index is 373. The lowest BCUT2D eigenvalue weighted by molar-refractivity contribution is 0.767. The van der Waals surface area contributed by atoms with Gasteiger partial charge in [0.05, 0.1) is 0 Å². The molecule has 1 heteroatoms. The number of hydrogen-bond acceptors (Lipinski definition) is 1. The van der Waals surface area contributed by atoms with Gasteiger partial charge in [0, 0.05) is 19.3 Å². The molecular weight excluding hydrogens is 206 g/mol. The van der Waals surface area contributed by atoms with Gasteiger partial charge in [-0.2, -0.15) is 0 Å². The van der Waals surface area contributed by atoms with Gasteiger partial charge in [-0.3, -0.25) is 0 Å². The molecule has 0 fully saturated rings. The monoisotopic (exact) mass is 229 g/mol. The Labute approximate surface area is 105 Å². The Hall–Kier alpha value is -1.50. The van der Waals surface area contributed by atoms with Crippen LogP contribution in [0.15, 0.2) is 42.5 Å². The van der Waals surface area contributed by atoms with E-state index in [0.717, 1.165) is 12.1 Å². The summed E-state index contributed by atoms with van der Waals surface area (Å²) in [4.78, 5) is 2.30. The molecule has 0 amide bonds. The average molecular weight is 229 g/mol. The van der Waals surface area contributed by atoms with Crippen LogP contribution in [0.1, 0.15) is 32.3 Å². The molecule has 0 atom stereocenters. The van der Waals surface area contributed by atoms with Gasteiger partial charge in [-0.15, -0.1) is 0 Å². The molecule has 0 heterocycles. The van der Waals surface area contributed by atoms with E-state index < -0.39 is 0 Å². The molecule has 0 unspecified atom stereocenters. The molecule has 1 aromatic rings. The van der Waals surface area contributed by atoms with Crippen LogP contribution in [-0.2, 0) is 0 Å². The van der Waals surface area contributed by atoms with Crippen LogP contribution in [0.4, 0.5) is 5.69 Å². The first-order valence-corrected chi connectivity index (χ1v) is 6.28. The van der Waals surface area contributed by atoms with Crippen LogP contribution in [0.25, 0.3) is 6.08 Å². The SMILES string of the molecule is C=C(C)/C=C/c1ccc(N(C)CCCC)cc1. The standard InChI is InChI=1S/C16H23N/c1-5-6-13-17(4)16-11-9-15(10-12-16)8-7-14(2)3/h7-12H,2,5-6,13H2,1,3-4H3/b8-7+. The van der Waals surface area contributed by atoms with Crippen molar-refractivity contribution in [2.24, 2.45) is 0 Å². The van der Waals surface area contributed by atoms with E-state index in [4.69, 9.17) is 0 Å². The predicted octanol–water partition coefficient (Wildman–Crippen LogP) is 4.51. The first-order chi connectivity index (χ1) is 8.13. The normalized spacial score (nSPS) is 10.8. The van der Waals surface area contributed by atoms with E-state index in [1.165, 1.54) is 24.1 Å². The third-order valence-corrected chi connectivity index (χ3v) is 2.74. The molecule has 1 nitrogen and oxygen atoms in total. The first kappa shape index (κ1) is 13.6. The van der Waals surface area contributed by atoms with Gasteiger partial charge in [0.1, 0.15) is 0 Å². The van der Waals surface area contributed by atoms with Crippen molar-refractivity contribution in [2.75, 3.05) is 18.5 Å². The van der Waals surface area contributed by atoms with Gasteiger partial charge in [-0.25, -0.2) is 0 Å². The van der Waals surface area contributed by atoms with Crippen LogP contribution < -0.4 is 4.90 Å². The number of rotatable bonds is 6. The van der Waals surface area contributed by atoms with Crippen molar-refractivity contribution in [2.45, 2.75) is 26.7 Å². The van der Waals surface area contributed by atoms with Gasteiger partial charge in [0.25, 0.3) is 0 Å². The largest absolute Gasteiger partial charge is 0.375 e. The zero-order chi connectivity index (χ0) is 12.7. The van der Waals surface area contributed by atoms with E-state index in [2.05, 4.69) is 55.8 Å². The molecule has 0 saturated carbocycles. The number of hydrogen-bond donors (Lipinski definition) is 0. The van der Waals surface area contributed by atoms with Crippen LogP contribution in [-0.4, -0.2) is 13.6 Å². The highest BCUT2D eigenvalue weighted by molar-refractivity contribution is 5.57. The van der Waals surface area contributed by atoms with Gasteiger partial charge >= 0.3 is 0 Å². The van der Waals surface area contributed by atoms with Crippen molar-refractivity contribution < 1.29 is 0 Å². The van der Waals surface area contributed by atoms with Crippen molar-refractivity contribution in [3.63, 3.8) is 0 Å². The van der Waals surface area contributed by atoms with Crippen LogP contribution >= 0.6 is 0 Å². The molecule has 0 radical (unpaired) electrons. The Kier molecular flexibility index (Phi) is 5.55. The maximum Gasteiger partial charge on any atom is 0.0364 e. The average Bonchev–Trinajstić information content (AvgIpc) is 2.34. The van der Waals surface area contributed by atoms with Gasteiger partial charge in [0.15, 0.2) is 0 Å². The maximum absolute atomic E-state index is 3.85. The van der Waals surface area contributed by atoms with Crippen LogP contribution in [0.2, 0.25) is 0 Å². The lowest BCUT2D eigenvalue weighted by atomic mass is 10.1. The number of anilines is 1. The summed E-state index contributed by atoms with van der Waals surface area (Å²) < 4.78 is 0. The third kappa shape index (κ3) is 4.90. The lowest BCUT2D eigenvalue weighted by Crippen LogP contribution is -2.17. The fourth-order valence-electron chi connectivity index (χ4n) is 1.60. The molecular formula is C16H23N. The Balaban J connectivity index is 2.64. The maximum atomic E-state index is 3.85. The summed E-state index contributed by atoms with van der Waals surface area (Å²) in [5.74, 6) is 0.